The van der Waals surface area contributed by atoms with Gasteiger partial charge in [-0.2, -0.15) is 0 Å². The summed E-state index contributed by atoms with van der Waals surface area (Å²) in [7, 11) is 2.55. The fraction of sp³-hybridized carbons (Fsp3) is 0.333. The van der Waals surface area contributed by atoms with Gasteiger partial charge in [0.25, 0.3) is 4.51 Å². The van der Waals surface area contributed by atoms with Crippen molar-refractivity contribution in [3.8, 4) is 5.75 Å². The lowest BCUT2D eigenvalue weighted by atomic mass is 10.2. The Bertz CT molecular complexity index is 477. The van der Waals surface area contributed by atoms with Crippen LogP contribution in [0.1, 0.15) is 10.4 Å². The molecule has 0 bridgehead atoms. The highest BCUT2D eigenvalue weighted by molar-refractivity contribution is 9.12. The van der Waals surface area contributed by atoms with Crippen molar-refractivity contribution < 1.29 is 23.8 Å². The lowest BCUT2D eigenvalue weighted by Gasteiger charge is -2.23. The standard InChI is InChI=1S/C12H12Br2O5/c1-17-10(15)8-4-3-5-9(6-8)19-12(14,7-13)11(16)18-2/h3-6H,7H2,1-2H3. The third-order valence-corrected chi connectivity index (χ3v) is 4.50. The third-order valence-electron chi connectivity index (χ3n) is 2.20. The number of rotatable bonds is 5. The van der Waals surface area contributed by atoms with E-state index in [-0.39, 0.29) is 5.33 Å². The maximum atomic E-state index is 11.6. The summed E-state index contributed by atoms with van der Waals surface area (Å²) >= 11 is 6.33. The molecule has 0 radical (unpaired) electrons. The highest BCUT2D eigenvalue weighted by atomic mass is 79.9. The lowest BCUT2D eigenvalue weighted by Crippen LogP contribution is -2.41. The predicted octanol–water partition coefficient (Wildman–Crippen LogP) is 2.51. The first kappa shape index (κ1) is 16.0. The SMILES string of the molecule is COC(=O)c1cccc(OC(Br)(CBr)C(=O)OC)c1. The summed E-state index contributed by atoms with van der Waals surface area (Å²) in [6.45, 7) is 0. The second-order valence-electron chi connectivity index (χ2n) is 3.48. The number of halogens is 2. The average Bonchev–Trinajstić information content (AvgIpc) is 2.45. The van der Waals surface area contributed by atoms with Gasteiger partial charge in [-0.25, -0.2) is 9.59 Å². The summed E-state index contributed by atoms with van der Waals surface area (Å²) in [6.07, 6.45) is 0. The molecule has 0 N–H and O–H groups in total. The topological polar surface area (TPSA) is 61.8 Å². The van der Waals surface area contributed by atoms with Crippen molar-refractivity contribution in [1.82, 2.24) is 0 Å². The number of esters is 2. The van der Waals surface area contributed by atoms with Crippen LogP contribution in [0.4, 0.5) is 0 Å². The monoisotopic (exact) mass is 394 g/mol. The zero-order chi connectivity index (χ0) is 14.5. The minimum absolute atomic E-state index is 0.176. The van der Waals surface area contributed by atoms with Gasteiger partial charge >= 0.3 is 11.9 Å². The Morgan fingerprint density at radius 2 is 1.95 bits per heavy atom. The van der Waals surface area contributed by atoms with Gasteiger partial charge in [0.05, 0.1) is 25.1 Å². The molecule has 0 spiro atoms. The van der Waals surface area contributed by atoms with E-state index in [4.69, 9.17) is 4.74 Å². The Kier molecular flexibility index (Phi) is 5.81. The van der Waals surface area contributed by atoms with Crippen molar-refractivity contribution in [3.63, 3.8) is 0 Å². The quantitative estimate of drug-likeness (QED) is 0.566. The summed E-state index contributed by atoms with van der Waals surface area (Å²) in [5, 5.41) is 0.176. The number of hydrogen-bond acceptors (Lipinski definition) is 5. The van der Waals surface area contributed by atoms with Gasteiger partial charge in [-0.1, -0.05) is 22.0 Å². The van der Waals surface area contributed by atoms with Crippen molar-refractivity contribution in [3.05, 3.63) is 29.8 Å². The molecule has 19 heavy (non-hydrogen) atoms. The molecule has 0 fully saturated rings. The summed E-state index contributed by atoms with van der Waals surface area (Å²) in [6, 6.07) is 6.31. The molecule has 5 nitrogen and oxygen atoms in total. The maximum absolute atomic E-state index is 11.6. The Labute approximate surface area is 127 Å². The largest absolute Gasteiger partial charge is 0.465 e. The molecule has 1 aromatic rings. The van der Waals surface area contributed by atoms with E-state index >= 15 is 0 Å². The molecule has 0 saturated carbocycles. The minimum atomic E-state index is -1.35. The number of methoxy groups -OCH3 is 2. The second kappa shape index (κ2) is 6.91. The Hall–Kier alpha value is -1.08. The number of benzene rings is 1. The van der Waals surface area contributed by atoms with E-state index in [9.17, 15) is 9.59 Å². The number of alkyl halides is 2. The van der Waals surface area contributed by atoms with Gasteiger partial charge in [-0.05, 0) is 34.1 Å². The molecule has 0 aliphatic rings. The van der Waals surface area contributed by atoms with Gasteiger partial charge in [0.15, 0.2) is 0 Å². The van der Waals surface area contributed by atoms with Crippen molar-refractivity contribution in [2.45, 2.75) is 4.51 Å². The van der Waals surface area contributed by atoms with Crippen LogP contribution in [0.25, 0.3) is 0 Å². The van der Waals surface area contributed by atoms with Gasteiger partial charge in [-0.15, -0.1) is 0 Å². The van der Waals surface area contributed by atoms with Crippen molar-refractivity contribution >= 4 is 43.8 Å². The Morgan fingerprint density at radius 3 is 2.47 bits per heavy atom. The Morgan fingerprint density at radius 1 is 1.26 bits per heavy atom. The lowest BCUT2D eigenvalue weighted by molar-refractivity contribution is -0.149. The molecule has 104 valence electrons. The molecule has 1 rings (SSSR count). The summed E-state index contributed by atoms with van der Waals surface area (Å²) < 4.78 is 13.4. The highest BCUT2D eigenvalue weighted by Gasteiger charge is 2.38. The number of carbonyl (C=O) groups is 2. The van der Waals surface area contributed by atoms with Crippen LogP contribution >= 0.6 is 31.9 Å². The highest BCUT2D eigenvalue weighted by Crippen LogP contribution is 2.28. The zero-order valence-electron chi connectivity index (χ0n) is 10.3. The van der Waals surface area contributed by atoms with E-state index in [2.05, 4.69) is 41.3 Å². The summed E-state index contributed by atoms with van der Waals surface area (Å²) in [5.41, 5.74) is 0.328. The fourth-order valence-electron chi connectivity index (χ4n) is 1.27. The molecule has 1 aromatic carbocycles. The number of ether oxygens (including phenoxy) is 3. The molecule has 0 aliphatic heterocycles. The van der Waals surface area contributed by atoms with Crippen LogP contribution in [0, 0.1) is 0 Å². The molecule has 0 aliphatic carbocycles. The van der Waals surface area contributed by atoms with Crippen molar-refractivity contribution in [2.75, 3.05) is 19.5 Å². The molecule has 1 unspecified atom stereocenters. The molecule has 0 amide bonds. The molecule has 0 saturated heterocycles. The number of hydrogen-bond donors (Lipinski definition) is 0. The zero-order valence-corrected chi connectivity index (χ0v) is 13.5. The summed E-state index contributed by atoms with van der Waals surface area (Å²) in [5.74, 6) is -0.736. The van der Waals surface area contributed by atoms with E-state index in [0.29, 0.717) is 11.3 Å². The van der Waals surface area contributed by atoms with Gasteiger partial charge in [0, 0.05) is 0 Å². The van der Waals surface area contributed by atoms with E-state index < -0.39 is 16.4 Å². The first-order chi connectivity index (χ1) is 8.96. The Balaban J connectivity index is 2.98. The van der Waals surface area contributed by atoms with E-state index in [1.807, 2.05) is 0 Å². The van der Waals surface area contributed by atoms with E-state index in [1.165, 1.54) is 20.3 Å². The van der Waals surface area contributed by atoms with E-state index in [1.54, 1.807) is 18.2 Å². The fourth-order valence-corrected chi connectivity index (χ4v) is 1.96. The number of carbonyl (C=O) groups excluding carboxylic acids is 2. The van der Waals surface area contributed by atoms with Gasteiger partial charge in [-0.3, -0.25) is 0 Å². The van der Waals surface area contributed by atoms with Crippen LogP contribution in [0.3, 0.4) is 0 Å². The van der Waals surface area contributed by atoms with Crippen LogP contribution in [0.2, 0.25) is 0 Å². The molecule has 0 aromatic heterocycles. The van der Waals surface area contributed by atoms with Crippen LogP contribution < -0.4 is 4.74 Å². The maximum Gasteiger partial charge on any atom is 0.362 e. The first-order valence-electron chi connectivity index (χ1n) is 5.17. The second-order valence-corrected chi connectivity index (χ2v) is 5.32. The molecule has 1 atom stereocenters. The van der Waals surface area contributed by atoms with Crippen molar-refractivity contribution in [2.24, 2.45) is 0 Å². The molecular weight excluding hydrogens is 384 g/mol. The van der Waals surface area contributed by atoms with Gasteiger partial charge in [0.2, 0.25) is 0 Å². The van der Waals surface area contributed by atoms with Gasteiger partial charge < -0.3 is 14.2 Å². The molecular formula is C12H12Br2O5. The van der Waals surface area contributed by atoms with Crippen LogP contribution in [0.15, 0.2) is 24.3 Å². The van der Waals surface area contributed by atoms with Crippen molar-refractivity contribution in [1.29, 1.82) is 0 Å². The minimum Gasteiger partial charge on any atom is -0.465 e. The summed E-state index contributed by atoms with van der Waals surface area (Å²) in [4.78, 5) is 23.0. The van der Waals surface area contributed by atoms with Crippen LogP contribution in [-0.2, 0) is 14.3 Å². The van der Waals surface area contributed by atoms with Gasteiger partial charge in [0.1, 0.15) is 5.75 Å². The predicted molar refractivity (Wildman–Crippen MR) is 75.9 cm³/mol. The van der Waals surface area contributed by atoms with Crippen LogP contribution in [0.5, 0.6) is 5.75 Å². The van der Waals surface area contributed by atoms with Crippen LogP contribution in [-0.4, -0.2) is 36.0 Å². The smallest absolute Gasteiger partial charge is 0.362 e. The van der Waals surface area contributed by atoms with E-state index in [0.717, 1.165) is 0 Å². The normalized spacial score (nSPS) is 13.3. The first-order valence-corrected chi connectivity index (χ1v) is 7.09. The molecule has 0 heterocycles. The average molecular weight is 396 g/mol. The third kappa shape index (κ3) is 3.94. The molecule has 7 heteroatoms.